The van der Waals surface area contributed by atoms with Gasteiger partial charge in [0.05, 0.1) is 17.7 Å². The third kappa shape index (κ3) is 5.58. The first-order valence-corrected chi connectivity index (χ1v) is 8.56. The van der Waals surface area contributed by atoms with Gasteiger partial charge >= 0.3 is 5.97 Å². The lowest BCUT2D eigenvalue weighted by atomic mass is 10.1. The van der Waals surface area contributed by atoms with Crippen LogP contribution in [-0.2, 0) is 14.3 Å². The van der Waals surface area contributed by atoms with E-state index in [0.717, 1.165) is 5.56 Å². The molecule has 0 saturated carbocycles. The summed E-state index contributed by atoms with van der Waals surface area (Å²) >= 11 is 0. The average Bonchev–Trinajstić information content (AvgIpc) is 2.71. The third-order valence-electron chi connectivity index (χ3n) is 4.22. The summed E-state index contributed by atoms with van der Waals surface area (Å²) in [5.74, 6) is -0.488. The van der Waals surface area contributed by atoms with Crippen molar-refractivity contribution in [3.8, 4) is 11.8 Å². The van der Waals surface area contributed by atoms with Crippen LogP contribution in [0.4, 0.5) is 0 Å². The normalized spacial score (nSPS) is 12.4. The van der Waals surface area contributed by atoms with Crippen molar-refractivity contribution in [3.63, 3.8) is 0 Å². The smallest absolute Gasteiger partial charge is 0.347 e. The molecule has 0 spiro atoms. The van der Waals surface area contributed by atoms with Crippen LogP contribution < -0.4 is 4.74 Å². The van der Waals surface area contributed by atoms with Gasteiger partial charge in [-0.05, 0) is 43.7 Å². The Bertz CT molecular complexity index is 812. The molecule has 0 saturated heterocycles. The zero-order valence-corrected chi connectivity index (χ0v) is 15.6. The van der Waals surface area contributed by atoms with Crippen LogP contribution in [0.1, 0.15) is 31.0 Å². The van der Waals surface area contributed by atoms with Crippen LogP contribution in [0.25, 0.3) is 0 Å². The van der Waals surface area contributed by atoms with Gasteiger partial charge in [-0.2, -0.15) is 5.26 Å². The minimum atomic E-state index is -0.873. The predicted molar refractivity (Wildman–Crippen MR) is 99.8 cm³/mol. The molecule has 0 aliphatic heterocycles. The Hall–Kier alpha value is -3.33. The molecule has 0 aliphatic rings. The Morgan fingerprint density at radius 3 is 2.30 bits per heavy atom. The number of esters is 1. The number of nitrogens with zero attached hydrogens (tertiary/aromatic N) is 2. The van der Waals surface area contributed by atoms with E-state index < -0.39 is 12.1 Å². The monoisotopic (exact) mass is 366 g/mol. The van der Waals surface area contributed by atoms with E-state index in [1.54, 1.807) is 38.2 Å². The molecule has 2 aromatic carbocycles. The molecule has 0 radical (unpaired) electrons. The maximum Gasteiger partial charge on any atom is 0.347 e. The van der Waals surface area contributed by atoms with E-state index >= 15 is 0 Å². The van der Waals surface area contributed by atoms with Gasteiger partial charge in [0.25, 0.3) is 5.91 Å². The van der Waals surface area contributed by atoms with Crippen LogP contribution in [0.15, 0.2) is 54.6 Å². The third-order valence-corrected chi connectivity index (χ3v) is 4.22. The Labute approximate surface area is 158 Å². The second kappa shape index (κ2) is 9.39. The van der Waals surface area contributed by atoms with E-state index in [1.807, 2.05) is 43.3 Å². The Kier molecular flexibility index (Phi) is 6.95. The lowest BCUT2D eigenvalue weighted by Crippen LogP contribution is -2.35. The first-order valence-electron chi connectivity index (χ1n) is 8.56. The SMILES string of the molecule is C[C@@H](Oc1ccc(C#N)cc1)C(=O)OCC(=O)N(C)[C@@H](C)c1ccccc1. The summed E-state index contributed by atoms with van der Waals surface area (Å²) in [5, 5.41) is 8.78. The van der Waals surface area contributed by atoms with Crippen molar-refractivity contribution in [2.75, 3.05) is 13.7 Å². The van der Waals surface area contributed by atoms with Crippen molar-refractivity contribution in [2.24, 2.45) is 0 Å². The van der Waals surface area contributed by atoms with Crippen LogP contribution >= 0.6 is 0 Å². The number of nitriles is 1. The number of carbonyl (C=O) groups excluding carboxylic acids is 2. The summed E-state index contributed by atoms with van der Waals surface area (Å²) < 4.78 is 10.6. The van der Waals surface area contributed by atoms with Gasteiger partial charge in [-0.3, -0.25) is 4.79 Å². The largest absolute Gasteiger partial charge is 0.479 e. The second-order valence-electron chi connectivity index (χ2n) is 6.10. The fourth-order valence-electron chi connectivity index (χ4n) is 2.38. The summed E-state index contributed by atoms with van der Waals surface area (Å²) in [4.78, 5) is 25.9. The number of hydrogen-bond donors (Lipinski definition) is 0. The van der Waals surface area contributed by atoms with Gasteiger partial charge in [0.2, 0.25) is 0 Å². The number of amides is 1. The number of carbonyl (C=O) groups is 2. The van der Waals surface area contributed by atoms with Gasteiger partial charge in [-0.15, -0.1) is 0 Å². The molecule has 0 bridgehead atoms. The van der Waals surface area contributed by atoms with Gasteiger partial charge in [-0.1, -0.05) is 30.3 Å². The molecular weight excluding hydrogens is 344 g/mol. The Morgan fingerprint density at radius 2 is 1.70 bits per heavy atom. The fraction of sp³-hybridized carbons (Fsp3) is 0.286. The van der Waals surface area contributed by atoms with Crippen molar-refractivity contribution in [3.05, 3.63) is 65.7 Å². The van der Waals surface area contributed by atoms with Crippen molar-refractivity contribution in [1.82, 2.24) is 4.90 Å². The first kappa shape index (κ1) is 20.0. The molecule has 140 valence electrons. The van der Waals surface area contributed by atoms with Crippen molar-refractivity contribution >= 4 is 11.9 Å². The second-order valence-corrected chi connectivity index (χ2v) is 6.10. The molecular formula is C21H22N2O4. The average molecular weight is 366 g/mol. The zero-order chi connectivity index (χ0) is 19.8. The highest BCUT2D eigenvalue weighted by Gasteiger charge is 2.21. The molecule has 0 aromatic heterocycles. The number of hydrogen-bond acceptors (Lipinski definition) is 5. The number of ether oxygens (including phenoxy) is 2. The van der Waals surface area contributed by atoms with Crippen molar-refractivity contribution in [2.45, 2.75) is 26.0 Å². The molecule has 0 N–H and O–H groups in total. The van der Waals surface area contributed by atoms with E-state index in [-0.39, 0.29) is 18.6 Å². The van der Waals surface area contributed by atoms with Crippen LogP contribution in [-0.4, -0.2) is 36.5 Å². The lowest BCUT2D eigenvalue weighted by Gasteiger charge is -2.25. The number of benzene rings is 2. The molecule has 27 heavy (non-hydrogen) atoms. The van der Waals surface area contributed by atoms with Gasteiger partial charge in [0, 0.05) is 7.05 Å². The number of likely N-dealkylation sites (N-methyl/N-ethyl adjacent to an activating group) is 1. The summed E-state index contributed by atoms with van der Waals surface area (Å²) in [6, 6.07) is 17.9. The molecule has 0 heterocycles. The van der Waals surface area contributed by atoms with Crippen molar-refractivity contribution < 1.29 is 19.1 Å². The molecule has 0 fully saturated rings. The summed E-state index contributed by atoms with van der Waals surface area (Å²) in [6.07, 6.45) is -0.873. The Morgan fingerprint density at radius 1 is 1.07 bits per heavy atom. The maximum atomic E-state index is 12.3. The molecule has 6 nitrogen and oxygen atoms in total. The van der Waals surface area contributed by atoms with Gasteiger partial charge < -0.3 is 14.4 Å². The van der Waals surface area contributed by atoms with Crippen LogP contribution in [0.5, 0.6) is 5.75 Å². The minimum absolute atomic E-state index is 0.135. The van der Waals surface area contributed by atoms with Crippen LogP contribution in [0.3, 0.4) is 0 Å². The topological polar surface area (TPSA) is 79.6 Å². The fourth-order valence-corrected chi connectivity index (χ4v) is 2.38. The van der Waals surface area contributed by atoms with E-state index in [0.29, 0.717) is 11.3 Å². The molecule has 0 aliphatic carbocycles. The quantitative estimate of drug-likeness (QED) is 0.704. The molecule has 6 heteroatoms. The summed E-state index contributed by atoms with van der Waals surface area (Å²) in [6.45, 7) is 3.10. The molecule has 2 rings (SSSR count). The van der Waals surface area contributed by atoms with E-state index in [4.69, 9.17) is 14.7 Å². The Balaban J connectivity index is 1.84. The molecule has 1 amide bonds. The van der Waals surface area contributed by atoms with Crippen LogP contribution in [0, 0.1) is 11.3 Å². The zero-order valence-electron chi connectivity index (χ0n) is 15.6. The predicted octanol–water partition coefficient (Wildman–Crippen LogP) is 3.09. The van der Waals surface area contributed by atoms with Crippen LogP contribution in [0.2, 0.25) is 0 Å². The maximum absolute atomic E-state index is 12.3. The summed E-state index contributed by atoms with van der Waals surface area (Å²) in [7, 11) is 1.67. The lowest BCUT2D eigenvalue weighted by molar-refractivity contribution is -0.157. The highest BCUT2D eigenvalue weighted by atomic mass is 16.6. The van der Waals surface area contributed by atoms with E-state index in [2.05, 4.69) is 0 Å². The standard InChI is InChI=1S/C21H22N2O4/c1-15(18-7-5-4-6-8-18)23(3)20(24)14-26-21(25)16(2)27-19-11-9-17(13-22)10-12-19/h4-12,15-16H,14H2,1-3H3/t15-,16+/m0/s1. The van der Waals surface area contributed by atoms with Gasteiger partial charge in [0.15, 0.2) is 12.7 Å². The van der Waals surface area contributed by atoms with E-state index in [1.165, 1.54) is 4.90 Å². The molecule has 2 aromatic rings. The number of rotatable bonds is 7. The molecule has 0 unspecified atom stereocenters. The minimum Gasteiger partial charge on any atom is -0.479 e. The van der Waals surface area contributed by atoms with E-state index in [9.17, 15) is 9.59 Å². The van der Waals surface area contributed by atoms with Crippen molar-refractivity contribution in [1.29, 1.82) is 5.26 Å². The summed E-state index contributed by atoms with van der Waals surface area (Å²) in [5.41, 5.74) is 1.50. The highest BCUT2D eigenvalue weighted by Crippen LogP contribution is 2.18. The van der Waals surface area contributed by atoms with Gasteiger partial charge in [-0.25, -0.2) is 4.79 Å². The highest BCUT2D eigenvalue weighted by molar-refractivity contribution is 5.82. The first-order chi connectivity index (χ1) is 12.9. The van der Waals surface area contributed by atoms with Gasteiger partial charge in [0.1, 0.15) is 5.75 Å². The molecule has 2 atom stereocenters.